The Morgan fingerprint density at radius 3 is 2.28 bits per heavy atom. The van der Waals surface area contributed by atoms with E-state index in [0.717, 1.165) is 18.3 Å². The van der Waals surface area contributed by atoms with Gasteiger partial charge in [-0.05, 0) is 75.2 Å². The van der Waals surface area contributed by atoms with E-state index in [1.165, 1.54) is 27.8 Å². The summed E-state index contributed by atoms with van der Waals surface area (Å²) in [6.07, 6.45) is 6.77. The molecule has 1 atom stereocenters. The van der Waals surface area contributed by atoms with Crippen molar-refractivity contribution in [2.45, 2.75) is 77.9 Å². The van der Waals surface area contributed by atoms with Gasteiger partial charge in [0.15, 0.2) is 0 Å². The molecule has 3 heteroatoms. The zero-order chi connectivity index (χ0) is 21.0. The minimum absolute atomic E-state index is 0.0257. The molecule has 2 aromatic rings. The third-order valence-corrected chi connectivity index (χ3v) is 7.02. The summed E-state index contributed by atoms with van der Waals surface area (Å²) in [7, 11) is -0.327. The highest BCUT2D eigenvalue weighted by Crippen LogP contribution is 2.44. The molecule has 0 radical (unpaired) electrons. The average Bonchev–Trinajstić information content (AvgIpc) is 2.87. The molecule has 0 saturated carbocycles. The molecule has 1 saturated heterocycles. The molecule has 29 heavy (non-hydrogen) atoms. The number of rotatable bonds is 3. The molecule has 152 valence electrons. The van der Waals surface area contributed by atoms with Crippen LogP contribution in [0.15, 0.2) is 48.6 Å². The van der Waals surface area contributed by atoms with Crippen molar-refractivity contribution in [2.24, 2.45) is 0 Å². The molecule has 2 nitrogen and oxygen atoms in total. The molecule has 0 bridgehead atoms. The molecule has 1 unspecified atom stereocenters. The minimum atomic E-state index is -0.328. The summed E-state index contributed by atoms with van der Waals surface area (Å²) in [6, 6.07) is 13.6. The van der Waals surface area contributed by atoms with E-state index in [9.17, 15) is 0 Å². The Kier molecular flexibility index (Phi) is 4.83. The third kappa shape index (κ3) is 3.39. The van der Waals surface area contributed by atoms with Crippen LogP contribution in [0.25, 0.3) is 11.1 Å². The second kappa shape index (κ2) is 6.85. The van der Waals surface area contributed by atoms with Crippen molar-refractivity contribution < 1.29 is 9.31 Å². The summed E-state index contributed by atoms with van der Waals surface area (Å²) in [6.45, 7) is 15.2. The zero-order valence-corrected chi connectivity index (χ0v) is 18.9. The molecule has 2 aliphatic rings. The van der Waals surface area contributed by atoms with Crippen LogP contribution in [0.3, 0.4) is 0 Å². The maximum Gasteiger partial charge on any atom is 0.494 e. The summed E-state index contributed by atoms with van der Waals surface area (Å²) >= 11 is 0. The van der Waals surface area contributed by atoms with Crippen molar-refractivity contribution in [1.82, 2.24) is 0 Å². The van der Waals surface area contributed by atoms with E-state index in [0.29, 0.717) is 0 Å². The molecule has 1 aliphatic carbocycles. The Balaban J connectivity index is 1.80. The summed E-state index contributed by atoms with van der Waals surface area (Å²) in [5, 5.41) is 0. The molecule has 0 aromatic heterocycles. The van der Waals surface area contributed by atoms with E-state index < -0.39 is 0 Å². The van der Waals surface area contributed by atoms with E-state index in [1.807, 2.05) is 0 Å². The van der Waals surface area contributed by atoms with Crippen LogP contribution in [-0.2, 0) is 21.1 Å². The van der Waals surface area contributed by atoms with Crippen LogP contribution in [-0.4, -0.2) is 18.3 Å². The van der Waals surface area contributed by atoms with Gasteiger partial charge in [-0.15, -0.1) is 0 Å². The number of hydrogen-bond donors (Lipinski definition) is 0. The highest BCUT2D eigenvalue weighted by molar-refractivity contribution is 6.62. The second-order valence-corrected chi connectivity index (χ2v) is 9.96. The Morgan fingerprint density at radius 1 is 0.931 bits per heavy atom. The van der Waals surface area contributed by atoms with Crippen molar-refractivity contribution in [3.8, 4) is 11.1 Å². The fraction of sp³-hybridized carbons (Fsp3) is 0.462. The molecule has 1 aliphatic heterocycles. The van der Waals surface area contributed by atoms with Gasteiger partial charge >= 0.3 is 7.12 Å². The molecule has 1 heterocycles. The molecule has 0 N–H and O–H groups in total. The summed E-state index contributed by atoms with van der Waals surface area (Å²) in [5.41, 5.74) is 7.22. The first-order valence-electron chi connectivity index (χ1n) is 10.8. The van der Waals surface area contributed by atoms with Crippen LogP contribution in [0, 0.1) is 6.92 Å². The number of aryl methyl sites for hydroxylation is 1. The molecule has 0 spiro atoms. The van der Waals surface area contributed by atoms with Crippen LogP contribution >= 0.6 is 0 Å². The Labute approximate surface area is 176 Å². The summed E-state index contributed by atoms with van der Waals surface area (Å²) in [5.74, 6) is 0. The standard InChI is InChI=1S/C26H33BO2/c1-8-9-14-26(7)17-19-11-12-20(27-28-24(3,4)25(5,6)29-27)16-21(19)22-15-18(2)10-13-23(22)26/h9-16H,8,17H2,1-7H3/b14-9-. The topological polar surface area (TPSA) is 18.5 Å². The summed E-state index contributed by atoms with van der Waals surface area (Å²) in [4.78, 5) is 0. The fourth-order valence-corrected chi connectivity index (χ4v) is 4.52. The van der Waals surface area contributed by atoms with Crippen molar-refractivity contribution in [1.29, 1.82) is 0 Å². The quantitative estimate of drug-likeness (QED) is 0.493. The largest absolute Gasteiger partial charge is 0.494 e. The predicted octanol–water partition coefficient (Wildman–Crippen LogP) is 5.74. The first-order valence-corrected chi connectivity index (χ1v) is 10.8. The van der Waals surface area contributed by atoms with Crippen LogP contribution < -0.4 is 5.46 Å². The SMILES string of the molecule is CC/C=C\C1(C)Cc2ccc(B3OC(C)(C)C(C)(C)O3)cc2-c2cc(C)ccc21. The summed E-state index contributed by atoms with van der Waals surface area (Å²) < 4.78 is 12.6. The van der Waals surface area contributed by atoms with Gasteiger partial charge in [-0.3, -0.25) is 0 Å². The number of hydrogen-bond acceptors (Lipinski definition) is 2. The van der Waals surface area contributed by atoms with E-state index in [-0.39, 0.29) is 23.7 Å². The third-order valence-electron chi connectivity index (χ3n) is 7.02. The maximum atomic E-state index is 6.31. The fourth-order valence-electron chi connectivity index (χ4n) is 4.52. The van der Waals surface area contributed by atoms with E-state index in [4.69, 9.17) is 9.31 Å². The van der Waals surface area contributed by atoms with E-state index in [2.05, 4.69) is 97.0 Å². The lowest BCUT2D eigenvalue weighted by Gasteiger charge is -2.35. The van der Waals surface area contributed by atoms with Gasteiger partial charge in [-0.1, -0.05) is 68.0 Å². The van der Waals surface area contributed by atoms with Crippen molar-refractivity contribution in [3.05, 3.63) is 65.2 Å². The second-order valence-electron chi connectivity index (χ2n) is 9.96. The van der Waals surface area contributed by atoms with Crippen molar-refractivity contribution >= 4 is 12.6 Å². The van der Waals surface area contributed by atoms with Gasteiger partial charge in [-0.2, -0.15) is 0 Å². The van der Waals surface area contributed by atoms with Gasteiger partial charge in [0, 0.05) is 5.41 Å². The van der Waals surface area contributed by atoms with Gasteiger partial charge in [0.25, 0.3) is 0 Å². The van der Waals surface area contributed by atoms with E-state index >= 15 is 0 Å². The van der Waals surface area contributed by atoms with E-state index in [1.54, 1.807) is 0 Å². The molecular weight excluding hydrogens is 355 g/mol. The lowest BCUT2D eigenvalue weighted by atomic mass is 9.66. The molecule has 0 amide bonds. The van der Waals surface area contributed by atoms with Gasteiger partial charge < -0.3 is 9.31 Å². The van der Waals surface area contributed by atoms with Crippen LogP contribution in [0.2, 0.25) is 0 Å². The average molecular weight is 388 g/mol. The smallest absolute Gasteiger partial charge is 0.399 e. The highest BCUT2D eigenvalue weighted by atomic mass is 16.7. The van der Waals surface area contributed by atoms with Gasteiger partial charge in [-0.25, -0.2) is 0 Å². The normalized spacial score (nSPS) is 24.6. The minimum Gasteiger partial charge on any atom is -0.399 e. The van der Waals surface area contributed by atoms with Gasteiger partial charge in [0.1, 0.15) is 0 Å². The van der Waals surface area contributed by atoms with Gasteiger partial charge in [0.05, 0.1) is 11.2 Å². The molecule has 1 fully saturated rings. The lowest BCUT2D eigenvalue weighted by molar-refractivity contribution is 0.00578. The lowest BCUT2D eigenvalue weighted by Crippen LogP contribution is -2.41. The maximum absolute atomic E-state index is 6.31. The van der Waals surface area contributed by atoms with Crippen molar-refractivity contribution in [3.63, 3.8) is 0 Å². The predicted molar refractivity (Wildman–Crippen MR) is 123 cm³/mol. The first-order chi connectivity index (χ1) is 13.6. The number of fused-ring (bicyclic) bond motifs is 3. The van der Waals surface area contributed by atoms with Crippen molar-refractivity contribution in [2.75, 3.05) is 0 Å². The molecule has 4 rings (SSSR count). The van der Waals surface area contributed by atoms with Crippen LogP contribution in [0.5, 0.6) is 0 Å². The Morgan fingerprint density at radius 2 is 1.62 bits per heavy atom. The Bertz CT molecular complexity index is 957. The van der Waals surface area contributed by atoms with Crippen LogP contribution in [0.1, 0.15) is 64.7 Å². The van der Waals surface area contributed by atoms with Gasteiger partial charge in [0.2, 0.25) is 0 Å². The number of allylic oxidation sites excluding steroid dienone is 2. The number of benzene rings is 2. The Hall–Kier alpha value is -1.84. The first kappa shape index (κ1) is 20.4. The molecule has 2 aromatic carbocycles. The molecular formula is C26H33BO2. The zero-order valence-electron chi connectivity index (χ0n) is 18.9. The van der Waals surface area contributed by atoms with Crippen LogP contribution in [0.4, 0.5) is 0 Å². The highest BCUT2D eigenvalue weighted by Gasteiger charge is 2.51. The monoisotopic (exact) mass is 388 g/mol.